The quantitative estimate of drug-likeness (QED) is 0.744. The molecule has 3 rings (SSSR count). The summed E-state index contributed by atoms with van der Waals surface area (Å²) in [7, 11) is 0. The molecule has 134 valence electrons. The summed E-state index contributed by atoms with van der Waals surface area (Å²) < 4.78 is 5.57. The first-order valence-electron chi connectivity index (χ1n) is 8.42. The topological polar surface area (TPSA) is 71.3 Å². The number of hydrogen-bond donors (Lipinski definition) is 1. The van der Waals surface area contributed by atoms with Gasteiger partial charge in [0.2, 0.25) is 11.8 Å². The normalized spacial score (nSPS) is 15.2. The third kappa shape index (κ3) is 5.73. The average molecular weight is 381 g/mol. The number of amides is 1. The first-order valence-corrected chi connectivity index (χ1v) is 9.78. The molecule has 2 aromatic rings. The maximum atomic E-state index is 11.9. The molecule has 1 fully saturated rings. The molecular formula is C17H21ClN4O2S. The molecule has 0 atom stereocenters. The van der Waals surface area contributed by atoms with Gasteiger partial charge in [0, 0.05) is 23.7 Å². The highest BCUT2D eigenvalue weighted by molar-refractivity contribution is 7.99. The molecule has 0 spiro atoms. The fourth-order valence-corrected chi connectivity index (χ4v) is 3.41. The van der Waals surface area contributed by atoms with Crippen LogP contribution in [0, 0.1) is 0 Å². The Labute approximate surface area is 156 Å². The van der Waals surface area contributed by atoms with E-state index in [1.807, 2.05) is 12.1 Å². The van der Waals surface area contributed by atoms with Crippen LogP contribution in [-0.2, 0) is 4.79 Å². The zero-order valence-electron chi connectivity index (χ0n) is 13.9. The van der Waals surface area contributed by atoms with Crippen molar-refractivity contribution in [2.24, 2.45) is 0 Å². The van der Waals surface area contributed by atoms with Crippen LogP contribution in [0.2, 0.25) is 5.02 Å². The third-order valence-corrected chi connectivity index (χ3v) is 5.09. The molecule has 25 heavy (non-hydrogen) atoms. The van der Waals surface area contributed by atoms with Crippen LogP contribution in [0.15, 0.2) is 33.9 Å². The van der Waals surface area contributed by atoms with Gasteiger partial charge >= 0.3 is 0 Å². The van der Waals surface area contributed by atoms with Gasteiger partial charge in [-0.2, -0.15) is 0 Å². The van der Waals surface area contributed by atoms with E-state index in [2.05, 4.69) is 20.4 Å². The molecule has 8 heteroatoms. The summed E-state index contributed by atoms with van der Waals surface area (Å²) in [4.78, 5) is 14.3. The number of benzene rings is 1. The van der Waals surface area contributed by atoms with Gasteiger partial charge in [0.1, 0.15) is 0 Å². The second-order valence-electron chi connectivity index (χ2n) is 5.92. The molecule has 1 aromatic carbocycles. The van der Waals surface area contributed by atoms with E-state index in [0.29, 0.717) is 22.7 Å². The Morgan fingerprint density at radius 1 is 1.20 bits per heavy atom. The van der Waals surface area contributed by atoms with Gasteiger partial charge in [0.15, 0.2) is 0 Å². The molecule has 1 N–H and O–H groups in total. The predicted molar refractivity (Wildman–Crippen MR) is 98.8 cm³/mol. The maximum Gasteiger partial charge on any atom is 0.277 e. The standard InChI is InChI=1S/C17H21ClN4O2S/c18-14-6-4-13(5-7-14)16-20-21-17(24-16)25-12-15(23)19-8-11-22-9-2-1-3-10-22/h4-7H,1-3,8-12H2,(H,19,23). The van der Waals surface area contributed by atoms with Crippen LogP contribution in [-0.4, -0.2) is 52.9 Å². The predicted octanol–water partition coefficient (Wildman–Crippen LogP) is 3.08. The molecular weight excluding hydrogens is 360 g/mol. The summed E-state index contributed by atoms with van der Waals surface area (Å²) in [5.41, 5.74) is 0.801. The van der Waals surface area contributed by atoms with Crippen LogP contribution in [0.1, 0.15) is 19.3 Å². The monoisotopic (exact) mass is 380 g/mol. The Morgan fingerprint density at radius 3 is 2.72 bits per heavy atom. The number of rotatable bonds is 7. The average Bonchev–Trinajstić information content (AvgIpc) is 3.10. The molecule has 0 saturated carbocycles. The molecule has 1 amide bonds. The van der Waals surface area contributed by atoms with E-state index < -0.39 is 0 Å². The number of carbonyl (C=O) groups excluding carboxylic acids is 1. The summed E-state index contributed by atoms with van der Waals surface area (Å²) in [6.07, 6.45) is 3.84. The fraction of sp³-hybridized carbons (Fsp3) is 0.471. The number of hydrogen-bond acceptors (Lipinski definition) is 6. The van der Waals surface area contributed by atoms with E-state index in [4.69, 9.17) is 16.0 Å². The Morgan fingerprint density at radius 2 is 1.96 bits per heavy atom. The van der Waals surface area contributed by atoms with Gasteiger partial charge in [-0.1, -0.05) is 29.8 Å². The van der Waals surface area contributed by atoms with E-state index in [0.717, 1.165) is 25.2 Å². The van der Waals surface area contributed by atoms with E-state index in [-0.39, 0.29) is 11.7 Å². The lowest BCUT2D eigenvalue weighted by atomic mass is 10.1. The highest BCUT2D eigenvalue weighted by Crippen LogP contribution is 2.24. The van der Waals surface area contributed by atoms with Crippen molar-refractivity contribution < 1.29 is 9.21 Å². The molecule has 2 heterocycles. The summed E-state index contributed by atoms with van der Waals surface area (Å²) in [5, 5.41) is 11.9. The van der Waals surface area contributed by atoms with Crippen molar-refractivity contribution >= 4 is 29.3 Å². The smallest absolute Gasteiger partial charge is 0.277 e. The lowest BCUT2D eigenvalue weighted by Crippen LogP contribution is -2.38. The minimum atomic E-state index is -0.0201. The Kier molecular flexibility index (Phi) is 6.72. The van der Waals surface area contributed by atoms with Crippen LogP contribution in [0.25, 0.3) is 11.5 Å². The number of carbonyl (C=O) groups is 1. The number of halogens is 1. The third-order valence-electron chi connectivity index (χ3n) is 4.02. The highest BCUT2D eigenvalue weighted by atomic mass is 35.5. The van der Waals surface area contributed by atoms with Gasteiger partial charge in [-0.3, -0.25) is 4.79 Å². The Hall–Kier alpha value is -1.57. The molecule has 1 aromatic heterocycles. The van der Waals surface area contributed by atoms with E-state index in [1.54, 1.807) is 12.1 Å². The number of likely N-dealkylation sites (tertiary alicyclic amines) is 1. The van der Waals surface area contributed by atoms with Gasteiger partial charge in [-0.05, 0) is 50.2 Å². The fourth-order valence-electron chi connectivity index (χ4n) is 2.69. The minimum absolute atomic E-state index is 0.0201. The number of piperidine rings is 1. The molecule has 0 bridgehead atoms. The molecule has 0 radical (unpaired) electrons. The number of nitrogens with one attached hydrogen (secondary N) is 1. The minimum Gasteiger partial charge on any atom is -0.411 e. The number of nitrogens with zero attached hydrogens (tertiary/aromatic N) is 3. The second kappa shape index (κ2) is 9.22. The van der Waals surface area contributed by atoms with Crippen LogP contribution >= 0.6 is 23.4 Å². The van der Waals surface area contributed by atoms with Crippen molar-refractivity contribution in [2.75, 3.05) is 31.9 Å². The zero-order chi connectivity index (χ0) is 17.5. The summed E-state index contributed by atoms with van der Waals surface area (Å²) in [6.45, 7) is 3.87. The molecule has 0 aliphatic carbocycles. The lowest BCUT2D eigenvalue weighted by Gasteiger charge is -2.26. The Bertz CT molecular complexity index is 686. The summed E-state index contributed by atoms with van der Waals surface area (Å²) in [5.74, 6) is 0.667. The summed E-state index contributed by atoms with van der Waals surface area (Å²) >= 11 is 7.10. The number of aromatic nitrogens is 2. The van der Waals surface area contributed by atoms with Crippen molar-refractivity contribution in [1.82, 2.24) is 20.4 Å². The van der Waals surface area contributed by atoms with Crippen LogP contribution in [0.3, 0.4) is 0 Å². The van der Waals surface area contributed by atoms with Crippen LogP contribution in [0.5, 0.6) is 0 Å². The van der Waals surface area contributed by atoms with Crippen molar-refractivity contribution in [3.8, 4) is 11.5 Å². The van der Waals surface area contributed by atoms with Crippen molar-refractivity contribution in [1.29, 1.82) is 0 Å². The Balaban J connectivity index is 1.39. The van der Waals surface area contributed by atoms with Gasteiger partial charge in [0.25, 0.3) is 5.22 Å². The maximum absolute atomic E-state index is 11.9. The van der Waals surface area contributed by atoms with Crippen molar-refractivity contribution in [3.63, 3.8) is 0 Å². The van der Waals surface area contributed by atoms with Gasteiger partial charge < -0.3 is 14.6 Å². The first-order chi connectivity index (χ1) is 12.2. The molecule has 1 aliphatic rings. The summed E-state index contributed by atoms with van der Waals surface area (Å²) in [6, 6.07) is 7.17. The number of thioether (sulfide) groups is 1. The lowest BCUT2D eigenvalue weighted by molar-refractivity contribution is -0.118. The second-order valence-corrected chi connectivity index (χ2v) is 7.28. The van der Waals surface area contributed by atoms with Gasteiger partial charge in [0.05, 0.1) is 5.75 Å². The van der Waals surface area contributed by atoms with E-state index >= 15 is 0 Å². The van der Waals surface area contributed by atoms with E-state index in [1.165, 1.54) is 31.0 Å². The van der Waals surface area contributed by atoms with E-state index in [9.17, 15) is 4.79 Å². The van der Waals surface area contributed by atoms with Crippen LogP contribution < -0.4 is 5.32 Å². The molecule has 0 unspecified atom stereocenters. The van der Waals surface area contributed by atoms with Crippen molar-refractivity contribution in [2.45, 2.75) is 24.5 Å². The zero-order valence-corrected chi connectivity index (χ0v) is 15.5. The van der Waals surface area contributed by atoms with Gasteiger partial charge in [-0.25, -0.2) is 0 Å². The highest BCUT2D eigenvalue weighted by Gasteiger charge is 2.12. The molecule has 1 saturated heterocycles. The molecule has 1 aliphatic heterocycles. The van der Waals surface area contributed by atoms with Gasteiger partial charge in [-0.15, -0.1) is 10.2 Å². The molecule has 6 nitrogen and oxygen atoms in total. The van der Waals surface area contributed by atoms with Crippen LogP contribution in [0.4, 0.5) is 0 Å². The first kappa shape index (κ1) is 18.2. The SMILES string of the molecule is O=C(CSc1nnc(-c2ccc(Cl)cc2)o1)NCCN1CCCCC1. The largest absolute Gasteiger partial charge is 0.411 e. The van der Waals surface area contributed by atoms with Crippen molar-refractivity contribution in [3.05, 3.63) is 29.3 Å².